The lowest BCUT2D eigenvalue weighted by Gasteiger charge is -2.10. The molecule has 3 nitrogen and oxygen atoms in total. The maximum Gasteiger partial charge on any atom is 0.141 e. The van der Waals surface area contributed by atoms with Crippen molar-refractivity contribution in [3.05, 3.63) is 24.1 Å². The number of rotatable bonds is 3. The molecule has 0 aliphatic carbocycles. The largest absolute Gasteiger partial charge is 0.496 e. The standard InChI is InChI=1S/C11H11O3/c1-5-9-10(13-3)6-8(12-2)7-11(9)14-4/h6-7H,2-4H3. The van der Waals surface area contributed by atoms with Gasteiger partial charge < -0.3 is 14.2 Å². The van der Waals surface area contributed by atoms with Gasteiger partial charge in [-0.3, -0.25) is 0 Å². The highest BCUT2D eigenvalue weighted by Crippen LogP contribution is 2.32. The summed E-state index contributed by atoms with van der Waals surface area (Å²) in [5, 5.41) is 0. The van der Waals surface area contributed by atoms with Crippen LogP contribution in [0.3, 0.4) is 0 Å². The molecule has 1 aromatic carbocycles. The molecule has 1 aromatic rings. The van der Waals surface area contributed by atoms with Gasteiger partial charge in [-0.2, -0.15) is 0 Å². The highest BCUT2D eigenvalue weighted by molar-refractivity contribution is 5.57. The van der Waals surface area contributed by atoms with E-state index in [9.17, 15) is 0 Å². The van der Waals surface area contributed by atoms with Gasteiger partial charge in [-0.1, -0.05) is 0 Å². The predicted molar refractivity (Wildman–Crippen MR) is 52.3 cm³/mol. The molecule has 0 aliphatic rings. The highest BCUT2D eigenvalue weighted by Gasteiger charge is 2.10. The smallest absolute Gasteiger partial charge is 0.141 e. The van der Waals surface area contributed by atoms with Crippen molar-refractivity contribution in [3.63, 3.8) is 0 Å². The van der Waals surface area contributed by atoms with E-state index in [1.54, 1.807) is 19.2 Å². The quantitative estimate of drug-likeness (QED) is 0.680. The second kappa shape index (κ2) is 4.43. The average molecular weight is 191 g/mol. The number of ether oxygens (including phenoxy) is 3. The van der Waals surface area contributed by atoms with Crippen LogP contribution in [0.25, 0.3) is 0 Å². The average Bonchev–Trinajstić information content (AvgIpc) is 2.26. The van der Waals surface area contributed by atoms with Crippen molar-refractivity contribution in [2.45, 2.75) is 0 Å². The second-order valence-electron chi connectivity index (χ2n) is 2.53. The van der Waals surface area contributed by atoms with Crippen molar-refractivity contribution in [1.29, 1.82) is 0 Å². The summed E-state index contributed by atoms with van der Waals surface area (Å²) < 4.78 is 15.2. The third kappa shape index (κ3) is 1.74. The third-order valence-electron chi connectivity index (χ3n) is 1.84. The number of benzene rings is 1. The normalized spacial score (nSPS) is 9.00. The monoisotopic (exact) mass is 191 g/mol. The van der Waals surface area contributed by atoms with Crippen LogP contribution in [0.15, 0.2) is 12.1 Å². The van der Waals surface area contributed by atoms with Gasteiger partial charge in [-0.15, -0.1) is 0 Å². The van der Waals surface area contributed by atoms with Gasteiger partial charge >= 0.3 is 0 Å². The molecule has 3 heteroatoms. The molecule has 0 unspecified atom stereocenters. The zero-order valence-electron chi connectivity index (χ0n) is 8.38. The lowest BCUT2D eigenvalue weighted by atomic mass is 10.1. The summed E-state index contributed by atoms with van der Waals surface area (Å²) in [6, 6.07) is 3.36. The molecule has 0 bridgehead atoms. The summed E-state index contributed by atoms with van der Waals surface area (Å²) in [7, 11) is 4.60. The van der Waals surface area contributed by atoms with Crippen LogP contribution >= 0.6 is 0 Å². The molecular formula is C11H11O3. The van der Waals surface area contributed by atoms with E-state index in [-0.39, 0.29) is 0 Å². The van der Waals surface area contributed by atoms with E-state index in [4.69, 9.17) is 20.6 Å². The molecule has 0 heterocycles. The first kappa shape index (κ1) is 10.3. The van der Waals surface area contributed by atoms with Crippen molar-refractivity contribution < 1.29 is 14.2 Å². The maximum atomic E-state index is 7.11. The SMILES string of the molecule is [C]#Cc1c(OC)cc(OC)cc1OC. The van der Waals surface area contributed by atoms with Gasteiger partial charge in [-0.05, 0) is 12.3 Å². The summed E-state index contributed by atoms with van der Waals surface area (Å²) in [5.41, 5.74) is 0.482. The Balaban J connectivity index is 3.34. The molecule has 0 N–H and O–H groups in total. The molecule has 0 saturated heterocycles. The van der Waals surface area contributed by atoms with Gasteiger partial charge in [0.1, 0.15) is 22.8 Å². The molecule has 1 radical (unpaired) electrons. The molecule has 0 spiro atoms. The minimum atomic E-state index is 0.482. The maximum absolute atomic E-state index is 7.11. The van der Waals surface area contributed by atoms with Gasteiger partial charge in [0, 0.05) is 12.1 Å². The van der Waals surface area contributed by atoms with Gasteiger partial charge in [0.15, 0.2) is 0 Å². The number of hydrogen-bond acceptors (Lipinski definition) is 3. The number of methoxy groups -OCH3 is 3. The molecular weight excluding hydrogens is 180 g/mol. The fourth-order valence-electron chi connectivity index (χ4n) is 1.13. The zero-order valence-corrected chi connectivity index (χ0v) is 8.38. The third-order valence-corrected chi connectivity index (χ3v) is 1.84. The molecule has 1 rings (SSSR count). The van der Waals surface area contributed by atoms with Crippen LogP contribution in [0.2, 0.25) is 0 Å². The summed E-state index contributed by atoms with van der Waals surface area (Å²) in [6.45, 7) is 0. The minimum Gasteiger partial charge on any atom is -0.496 e. The minimum absolute atomic E-state index is 0.482. The zero-order chi connectivity index (χ0) is 10.6. The van der Waals surface area contributed by atoms with E-state index in [2.05, 4.69) is 5.92 Å². The second-order valence-corrected chi connectivity index (χ2v) is 2.53. The van der Waals surface area contributed by atoms with Crippen molar-refractivity contribution >= 4 is 0 Å². The van der Waals surface area contributed by atoms with E-state index < -0.39 is 0 Å². The number of hydrogen-bond donors (Lipinski definition) is 0. The Bertz CT molecular complexity index is 338. The molecule has 0 saturated carbocycles. The van der Waals surface area contributed by atoms with Crippen LogP contribution in [0.5, 0.6) is 17.2 Å². The molecule has 0 fully saturated rings. The van der Waals surface area contributed by atoms with E-state index in [0.29, 0.717) is 22.8 Å². The van der Waals surface area contributed by atoms with Crippen LogP contribution < -0.4 is 14.2 Å². The van der Waals surface area contributed by atoms with Crippen LogP contribution in [0.1, 0.15) is 5.56 Å². The first-order valence-corrected chi connectivity index (χ1v) is 3.99. The Morgan fingerprint density at radius 2 is 1.50 bits per heavy atom. The van der Waals surface area contributed by atoms with E-state index in [1.807, 2.05) is 0 Å². The molecule has 0 aromatic heterocycles. The van der Waals surface area contributed by atoms with Crippen molar-refractivity contribution in [2.24, 2.45) is 0 Å². The Morgan fingerprint density at radius 3 is 1.79 bits per heavy atom. The van der Waals surface area contributed by atoms with Crippen LogP contribution in [-0.2, 0) is 0 Å². The summed E-state index contributed by atoms with van der Waals surface area (Å²) in [4.78, 5) is 0. The topological polar surface area (TPSA) is 27.7 Å². The molecule has 73 valence electrons. The predicted octanol–water partition coefficient (Wildman–Crippen LogP) is 1.65. The van der Waals surface area contributed by atoms with Gasteiger partial charge in [-0.25, -0.2) is 0 Å². The molecule has 0 atom stereocenters. The first-order chi connectivity index (χ1) is 6.76. The van der Waals surface area contributed by atoms with Crippen molar-refractivity contribution in [1.82, 2.24) is 0 Å². The van der Waals surface area contributed by atoms with E-state index in [0.717, 1.165) is 0 Å². The molecule has 14 heavy (non-hydrogen) atoms. The van der Waals surface area contributed by atoms with Crippen LogP contribution in [-0.4, -0.2) is 21.3 Å². The fraction of sp³-hybridized carbons (Fsp3) is 0.273. The van der Waals surface area contributed by atoms with Gasteiger partial charge in [0.05, 0.1) is 21.3 Å². The fourth-order valence-corrected chi connectivity index (χ4v) is 1.13. The van der Waals surface area contributed by atoms with E-state index in [1.165, 1.54) is 14.2 Å². The molecule has 0 aliphatic heterocycles. The Kier molecular flexibility index (Phi) is 3.24. The Hall–Kier alpha value is -1.82. The summed E-state index contributed by atoms with van der Waals surface area (Å²) >= 11 is 0. The lowest BCUT2D eigenvalue weighted by Crippen LogP contribution is -1.95. The summed E-state index contributed by atoms with van der Waals surface area (Å²) in [6.07, 6.45) is 7.11. The lowest BCUT2D eigenvalue weighted by molar-refractivity contribution is 0.374. The first-order valence-electron chi connectivity index (χ1n) is 3.99. The van der Waals surface area contributed by atoms with Crippen LogP contribution in [0, 0.1) is 12.3 Å². The highest BCUT2D eigenvalue weighted by atomic mass is 16.5. The Labute approximate surface area is 83.6 Å². The van der Waals surface area contributed by atoms with E-state index >= 15 is 0 Å². The van der Waals surface area contributed by atoms with Crippen molar-refractivity contribution in [2.75, 3.05) is 21.3 Å². The van der Waals surface area contributed by atoms with Gasteiger partial charge in [0.2, 0.25) is 0 Å². The van der Waals surface area contributed by atoms with Crippen LogP contribution in [0.4, 0.5) is 0 Å². The van der Waals surface area contributed by atoms with Gasteiger partial charge in [0.25, 0.3) is 0 Å². The summed E-state index contributed by atoms with van der Waals surface area (Å²) in [5.74, 6) is 3.91. The molecule has 0 amide bonds. The Morgan fingerprint density at radius 1 is 1.00 bits per heavy atom. The van der Waals surface area contributed by atoms with Crippen molar-refractivity contribution in [3.8, 4) is 23.2 Å².